The number of hydrogen-bond acceptors (Lipinski definition) is 3. The Morgan fingerprint density at radius 3 is 3.07 bits per heavy atom. The maximum atomic E-state index is 11.6. The number of hydrogen-bond donors (Lipinski definition) is 1. The van der Waals surface area contributed by atoms with Crippen molar-refractivity contribution in [3.05, 3.63) is 0 Å². The molecule has 1 aliphatic heterocycles. The van der Waals surface area contributed by atoms with Gasteiger partial charge in [-0.05, 0) is 13.5 Å². The van der Waals surface area contributed by atoms with Gasteiger partial charge in [-0.2, -0.15) is 0 Å². The maximum absolute atomic E-state index is 11.6. The van der Waals surface area contributed by atoms with Crippen molar-refractivity contribution in [3.63, 3.8) is 0 Å². The Morgan fingerprint density at radius 1 is 1.64 bits per heavy atom. The molecule has 0 aromatic carbocycles. The number of nitrogens with one attached hydrogen (secondary N) is 1. The number of carbonyl (C=O) groups is 1. The summed E-state index contributed by atoms with van der Waals surface area (Å²) in [5.41, 5.74) is 0. The van der Waals surface area contributed by atoms with E-state index in [9.17, 15) is 4.79 Å². The van der Waals surface area contributed by atoms with E-state index in [1.54, 1.807) is 7.05 Å². The van der Waals surface area contributed by atoms with Gasteiger partial charge in [0.25, 0.3) is 0 Å². The number of nitrogens with zero attached hydrogens (tertiary/aromatic N) is 1. The number of morpholine rings is 1. The van der Waals surface area contributed by atoms with Crippen LogP contribution >= 0.6 is 0 Å². The minimum absolute atomic E-state index is 0.178. The van der Waals surface area contributed by atoms with Crippen LogP contribution < -0.4 is 5.32 Å². The zero-order chi connectivity index (χ0) is 10.4. The van der Waals surface area contributed by atoms with Crippen molar-refractivity contribution in [1.29, 1.82) is 0 Å². The first-order valence-corrected chi connectivity index (χ1v) is 5.32. The second-order valence-electron chi connectivity index (χ2n) is 3.65. The molecule has 0 bridgehead atoms. The van der Waals surface area contributed by atoms with Crippen LogP contribution in [0, 0.1) is 0 Å². The molecule has 0 saturated carbocycles. The van der Waals surface area contributed by atoms with Crippen molar-refractivity contribution in [2.45, 2.75) is 25.9 Å². The molecule has 1 atom stereocenters. The fourth-order valence-corrected chi connectivity index (χ4v) is 1.71. The highest BCUT2D eigenvalue weighted by Crippen LogP contribution is 2.10. The van der Waals surface area contributed by atoms with E-state index >= 15 is 0 Å². The fraction of sp³-hybridized carbons (Fsp3) is 0.900. The molecule has 82 valence electrons. The van der Waals surface area contributed by atoms with Gasteiger partial charge in [0.05, 0.1) is 19.3 Å². The molecule has 0 aliphatic carbocycles. The summed E-state index contributed by atoms with van der Waals surface area (Å²) in [5.74, 6) is 0.178. The Bertz CT molecular complexity index is 183. The third-order valence-corrected chi connectivity index (χ3v) is 2.43. The van der Waals surface area contributed by atoms with Gasteiger partial charge in [0, 0.05) is 13.1 Å². The monoisotopic (exact) mass is 200 g/mol. The topological polar surface area (TPSA) is 41.6 Å². The summed E-state index contributed by atoms with van der Waals surface area (Å²) in [5, 5.41) is 2.88. The number of amides is 1. The Hall–Kier alpha value is -0.610. The molecule has 4 nitrogen and oxygen atoms in total. The zero-order valence-electron chi connectivity index (χ0n) is 9.08. The molecule has 0 spiro atoms. The average Bonchev–Trinajstić information content (AvgIpc) is 2.19. The van der Waals surface area contributed by atoms with Gasteiger partial charge in [0.1, 0.15) is 0 Å². The molecule has 1 N–H and O–H groups in total. The van der Waals surface area contributed by atoms with Crippen molar-refractivity contribution in [3.8, 4) is 0 Å². The van der Waals surface area contributed by atoms with E-state index in [1.807, 2.05) is 4.90 Å². The van der Waals surface area contributed by atoms with E-state index in [-0.39, 0.29) is 12.0 Å². The number of rotatable bonds is 4. The molecule has 0 aromatic rings. The van der Waals surface area contributed by atoms with Crippen molar-refractivity contribution in [2.24, 2.45) is 0 Å². The molecule has 0 aromatic heterocycles. The lowest BCUT2D eigenvalue weighted by Crippen LogP contribution is -2.48. The largest absolute Gasteiger partial charge is 0.375 e. The van der Waals surface area contributed by atoms with Crippen LogP contribution in [0.4, 0.5) is 0 Å². The first-order chi connectivity index (χ1) is 6.77. The molecule has 1 amide bonds. The van der Waals surface area contributed by atoms with Gasteiger partial charge in [-0.3, -0.25) is 4.79 Å². The summed E-state index contributed by atoms with van der Waals surface area (Å²) >= 11 is 0. The van der Waals surface area contributed by atoms with Crippen LogP contribution in [0.5, 0.6) is 0 Å². The van der Waals surface area contributed by atoms with Crippen LogP contribution in [-0.2, 0) is 9.53 Å². The van der Waals surface area contributed by atoms with Gasteiger partial charge in [0.15, 0.2) is 0 Å². The highest BCUT2D eigenvalue weighted by Gasteiger charge is 2.22. The normalized spacial score (nSPS) is 22.4. The van der Waals surface area contributed by atoms with E-state index in [0.717, 1.165) is 25.9 Å². The van der Waals surface area contributed by atoms with Crippen molar-refractivity contribution in [1.82, 2.24) is 10.2 Å². The highest BCUT2D eigenvalue weighted by molar-refractivity contribution is 5.78. The Kier molecular flexibility index (Phi) is 4.90. The minimum atomic E-state index is 0.178. The SMILES string of the molecule is CCCC1CN(C(=O)CNC)CCO1. The quantitative estimate of drug-likeness (QED) is 0.706. The first-order valence-electron chi connectivity index (χ1n) is 5.32. The summed E-state index contributed by atoms with van der Waals surface area (Å²) in [6.45, 7) is 4.74. The number of ether oxygens (including phenoxy) is 1. The van der Waals surface area contributed by atoms with Crippen molar-refractivity contribution < 1.29 is 9.53 Å². The van der Waals surface area contributed by atoms with E-state index < -0.39 is 0 Å². The van der Waals surface area contributed by atoms with Crippen LogP contribution in [0.3, 0.4) is 0 Å². The summed E-state index contributed by atoms with van der Waals surface area (Å²) in [4.78, 5) is 13.4. The molecule has 1 saturated heterocycles. The van der Waals surface area contributed by atoms with Crippen molar-refractivity contribution >= 4 is 5.91 Å². The van der Waals surface area contributed by atoms with Gasteiger partial charge in [-0.1, -0.05) is 13.3 Å². The van der Waals surface area contributed by atoms with Crippen LogP contribution in [0.2, 0.25) is 0 Å². The fourth-order valence-electron chi connectivity index (χ4n) is 1.71. The summed E-state index contributed by atoms with van der Waals surface area (Å²) < 4.78 is 5.56. The molecule has 1 rings (SSSR count). The van der Waals surface area contributed by atoms with Gasteiger partial charge < -0.3 is 15.0 Å². The Balaban J connectivity index is 2.35. The molecule has 1 heterocycles. The summed E-state index contributed by atoms with van der Waals surface area (Å²) in [6, 6.07) is 0. The van der Waals surface area contributed by atoms with Gasteiger partial charge in [0.2, 0.25) is 5.91 Å². The second kappa shape index (κ2) is 5.98. The first kappa shape index (κ1) is 11.5. The lowest BCUT2D eigenvalue weighted by atomic mass is 10.1. The van der Waals surface area contributed by atoms with E-state index in [4.69, 9.17) is 4.74 Å². The molecular formula is C10H20N2O2. The Morgan fingerprint density at radius 2 is 2.43 bits per heavy atom. The predicted octanol–water partition coefficient (Wildman–Crippen LogP) is 0.233. The smallest absolute Gasteiger partial charge is 0.236 e. The van der Waals surface area contributed by atoms with Crippen molar-refractivity contribution in [2.75, 3.05) is 33.3 Å². The van der Waals surface area contributed by atoms with E-state index in [0.29, 0.717) is 13.2 Å². The van der Waals surface area contributed by atoms with Crippen LogP contribution in [-0.4, -0.2) is 50.2 Å². The standard InChI is InChI=1S/C10H20N2O2/c1-3-4-9-8-12(5-6-14-9)10(13)7-11-2/h9,11H,3-8H2,1-2H3. The molecule has 1 aliphatic rings. The van der Waals surface area contributed by atoms with Crippen LogP contribution in [0.25, 0.3) is 0 Å². The predicted molar refractivity (Wildman–Crippen MR) is 55.2 cm³/mol. The third-order valence-electron chi connectivity index (χ3n) is 2.43. The number of likely N-dealkylation sites (N-methyl/N-ethyl adjacent to an activating group) is 1. The van der Waals surface area contributed by atoms with Crippen LogP contribution in [0.15, 0.2) is 0 Å². The Labute approximate surface area is 85.6 Å². The summed E-state index contributed by atoms with van der Waals surface area (Å²) in [6.07, 6.45) is 2.40. The molecule has 1 fully saturated rings. The molecule has 1 unspecified atom stereocenters. The minimum Gasteiger partial charge on any atom is -0.375 e. The molecule has 4 heteroatoms. The second-order valence-corrected chi connectivity index (χ2v) is 3.65. The average molecular weight is 200 g/mol. The van der Waals surface area contributed by atoms with E-state index in [1.165, 1.54) is 0 Å². The highest BCUT2D eigenvalue weighted by atomic mass is 16.5. The zero-order valence-corrected chi connectivity index (χ0v) is 9.08. The maximum Gasteiger partial charge on any atom is 0.236 e. The lowest BCUT2D eigenvalue weighted by Gasteiger charge is -2.32. The van der Waals surface area contributed by atoms with E-state index in [2.05, 4.69) is 12.2 Å². The van der Waals surface area contributed by atoms with Gasteiger partial charge >= 0.3 is 0 Å². The summed E-state index contributed by atoms with van der Waals surface area (Å²) in [7, 11) is 1.79. The molecule has 14 heavy (non-hydrogen) atoms. The third kappa shape index (κ3) is 3.27. The lowest BCUT2D eigenvalue weighted by molar-refractivity contribution is -0.137. The van der Waals surface area contributed by atoms with Gasteiger partial charge in [-0.25, -0.2) is 0 Å². The van der Waals surface area contributed by atoms with Gasteiger partial charge in [-0.15, -0.1) is 0 Å². The molecule has 0 radical (unpaired) electrons. The molecular weight excluding hydrogens is 180 g/mol. The van der Waals surface area contributed by atoms with Crippen LogP contribution in [0.1, 0.15) is 19.8 Å². The number of carbonyl (C=O) groups excluding carboxylic acids is 1.